The third-order valence-electron chi connectivity index (χ3n) is 4.19. The van der Waals surface area contributed by atoms with Crippen LogP contribution in [0.25, 0.3) is 0 Å². The van der Waals surface area contributed by atoms with Gasteiger partial charge in [-0.3, -0.25) is 14.9 Å². The molecule has 0 radical (unpaired) electrons. The van der Waals surface area contributed by atoms with Gasteiger partial charge in [0.05, 0.1) is 33.4 Å². The minimum absolute atomic E-state index is 0.0258. The van der Waals surface area contributed by atoms with Gasteiger partial charge in [0.25, 0.3) is 5.69 Å². The van der Waals surface area contributed by atoms with Crippen LogP contribution in [0.1, 0.15) is 16.8 Å². The molecule has 1 N–H and O–H groups in total. The van der Waals surface area contributed by atoms with Crippen LogP contribution in [0, 0.1) is 17.0 Å². The van der Waals surface area contributed by atoms with Gasteiger partial charge >= 0.3 is 6.18 Å². The third-order valence-corrected chi connectivity index (χ3v) is 5.25. The molecule has 3 rings (SSSR count). The summed E-state index contributed by atoms with van der Waals surface area (Å²) in [5.74, 6) is -0.232. The number of thioether (sulfide) groups is 1. The number of carbonyl (C=O) groups is 1. The van der Waals surface area contributed by atoms with Crippen molar-refractivity contribution in [3.05, 3.63) is 81.5 Å². The second-order valence-electron chi connectivity index (χ2n) is 6.59. The third kappa shape index (κ3) is 5.85. The summed E-state index contributed by atoms with van der Waals surface area (Å²) >= 11 is 0.788. The highest BCUT2D eigenvalue weighted by Crippen LogP contribution is 2.36. The summed E-state index contributed by atoms with van der Waals surface area (Å²) in [5.41, 5.74) is -0.140. The summed E-state index contributed by atoms with van der Waals surface area (Å²) in [7, 11) is 0. The van der Waals surface area contributed by atoms with Crippen molar-refractivity contribution in [2.75, 3.05) is 11.1 Å². The second kappa shape index (κ2) is 9.21. The monoisotopic (exact) mass is 450 g/mol. The quantitative estimate of drug-likeness (QED) is 0.314. The molecule has 1 heterocycles. The number of amides is 1. The molecule has 1 aromatic heterocycles. The molecular weight excluding hydrogens is 433 g/mol. The lowest BCUT2D eigenvalue weighted by molar-refractivity contribution is -0.388. The van der Waals surface area contributed by atoms with Crippen LogP contribution in [-0.2, 0) is 17.5 Å². The lowest BCUT2D eigenvalue weighted by atomic mass is 10.2. The van der Waals surface area contributed by atoms with E-state index in [9.17, 15) is 28.1 Å². The molecule has 0 unspecified atom stereocenters. The summed E-state index contributed by atoms with van der Waals surface area (Å²) in [5, 5.41) is 18.2. The lowest BCUT2D eigenvalue weighted by Crippen LogP contribution is -2.18. The fourth-order valence-electron chi connectivity index (χ4n) is 2.80. The van der Waals surface area contributed by atoms with Crippen LogP contribution < -0.4 is 5.32 Å². The van der Waals surface area contributed by atoms with Gasteiger partial charge in [0.2, 0.25) is 5.91 Å². The minimum Gasteiger partial charge on any atom is -0.310 e. The minimum atomic E-state index is -4.69. The van der Waals surface area contributed by atoms with Gasteiger partial charge < -0.3 is 5.32 Å². The van der Waals surface area contributed by atoms with Crippen LogP contribution in [0.2, 0.25) is 0 Å². The Labute approximate surface area is 179 Å². The number of hydrogen-bond acceptors (Lipinski definition) is 5. The van der Waals surface area contributed by atoms with Crippen LogP contribution in [0.4, 0.5) is 24.7 Å². The predicted molar refractivity (Wildman–Crippen MR) is 110 cm³/mol. The molecule has 1 amide bonds. The lowest BCUT2D eigenvalue weighted by Gasteiger charge is -2.10. The molecule has 11 heteroatoms. The van der Waals surface area contributed by atoms with Gasteiger partial charge in [0.15, 0.2) is 0 Å². The number of rotatable bonds is 7. The average Bonchev–Trinajstić information content (AvgIpc) is 3.04. The Morgan fingerprint density at radius 3 is 2.55 bits per heavy atom. The van der Waals surface area contributed by atoms with Crippen LogP contribution in [0.15, 0.2) is 59.5 Å². The van der Waals surface area contributed by atoms with Gasteiger partial charge in [-0.05, 0) is 24.6 Å². The number of anilines is 1. The van der Waals surface area contributed by atoms with Crippen molar-refractivity contribution < 1.29 is 22.9 Å². The summed E-state index contributed by atoms with van der Waals surface area (Å²) in [4.78, 5) is 22.6. The Balaban J connectivity index is 1.69. The number of aromatic nitrogens is 2. The molecule has 0 fully saturated rings. The van der Waals surface area contributed by atoms with Crippen molar-refractivity contribution in [2.45, 2.75) is 24.5 Å². The van der Waals surface area contributed by atoms with Gasteiger partial charge in [0.1, 0.15) is 5.82 Å². The summed E-state index contributed by atoms with van der Waals surface area (Å²) in [6.07, 6.45) is -4.69. The topological polar surface area (TPSA) is 90.1 Å². The van der Waals surface area contributed by atoms with Crippen molar-refractivity contribution >= 4 is 29.2 Å². The molecule has 0 saturated heterocycles. The van der Waals surface area contributed by atoms with Crippen molar-refractivity contribution in [2.24, 2.45) is 0 Å². The maximum Gasteiger partial charge on any atom is 0.416 e. The fourth-order valence-corrected chi connectivity index (χ4v) is 3.61. The van der Waals surface area contributed by atoms with Gasteiger partial charge in [-0.2, -0.15) is 18.3 Å². The predicted octanol–water partition coefficient (Wildman–Crippen LogP) is 4.90. The summed E-state index contributed by atoms with van der Waals surface area (Å²) in [6, 6.07) is 13.4. The smallest absolute Gasteiger partial charge is 0.310 e. The van der Waals surface area contributed by atoms with E-state index in [2.05, 4.69) is 10.4 Å². The number of alkyl halides is 3. The molecule has 0 saturated carbocycles. The Kier molecular flexibility index (Phi) is 6.64. The SMILES string of the molecule is Cc1cc(NC(=O)CSc2ccc(C(F)(F)F)cc2[N+](=O)[O-])n(Cc2ccccc2)n1. The molecule has 31 heavy (non-hydrogen) atoms. The molecule has 0 aliphatic rings. The first-order chi connectivity index (χ1) is 14.6. The molecule has 0 atom stereocenters. The number of aryl methyl sites for hydroxylation is 1. The van der Waals surface area contributed by atoms with E-state index in [0.29, 0.717) is 24.1 Å². The normalized spacial score (nSPS) is 11.4. The van der Waals surface area contributed by atoms with Gasteiger partial charge in [0, 0.05) is 12.1 Å². The standard InChI is InChI=1S/C20H17F3N4O3S/c1-13-9-18(26(25-13)11-14-5-3-2-4-6-14)24-19(28)12-31-17-8-7-15(20(21,22)23)10-16(17)27(29)30/h2-10H,11-12H2,1H3,(H,24,28). The van der Waals surface area contributed by atoms with E-state index < -0.39 is 28.3 Å². The van der Waals surface area contributed by atoms with Crippen LogP contribution in [0.3, 0.4) is 0 Å². The molecule has 7 nitrogen and oxygen atoms in total. The Bertz CT molecular complexity index is 1100. The highest BCUT2D eigenvalue weighted by molar-refractivity contribution is 8.00. The first-order valence-corrected chi connectivity index (χ1v) is 9.98. The number of nitro groups is 1. The van der Waals surface area contributed by atoms with Crippen LogP contribution >= 0.6 is 11.8 Å². The first kappa shape index (κ1) is 22.3. The highest BCUT2D eigenvalue weighted by Gasteiger charge is 2.33. The first-order valence-electron chi connectivity index (χ1n) is 9.00. The number of nitrogens with zero attached hydrogens (tertiary/aromatic N) is 3. The number of nitro benzene ring substituents is 1. The van der Waals surface area contributed by atoms with E-state index in [1.165, 1.54) is 0 Å². The van der Waals surface area contributed by atoms with Crippen LogP contribution in [0.5, 0.6) is 0 Å². The van der Waals surface area contributed by atoms with Gasteiger partial charge in [-0.1, -0.05) is 30.3 Å². The molecule has 0 aliphatic heterocycles. The zero-order valence-electron chi connectivity index (χ0n) is 16.2. The Morgan fingerprint density at radius 1 is 1.19 bits per heavy atom. The maximum absolute atomic E-state index is 12.8. The van der Waals surface area contributed by atoms with Gasteiger partial charge in [-0.15, -0.1) is 11.8 Å². The summed E-state index contributed by atoms with van der Waals surface area (Å²) in [6.45, 7) is 2.21. The number of hydrogen-bond donors (Lipinski definition) is 1. The van der Waals surface area contributed by atoms with Crippen molar-refractivity contribution in [3.8, 4) is 0 Å². The molecule has 2 aromatic carbocycles. The number of carbonyl (C=O) groups excluding carboxylic acids is 1. The van der Waals surface area contributed by atoms with E-state index in [1.807, 2.05) is 30.3 Å². The van der Waals surface area contributed by atoms with Crippen molar-refractivity contribution in [1.82, 2.24) is 9.78 Å². The fraction of sp³-hybridized carbons (Fsp3) is 0.200. The van der Waals surface area contributed by atoms with Crippen LogP contribution in [-0.4, -0.2) is 26.4 Å². The van der Waals surface area contributed by atoms with Crippen molar-refractivity contribution in [3.63, 3.8) is 0 Å². The summed E-state index contributed by atoms with van der Waals surface area (Å²) < 4.78 is 40.1. The molecule has 0 aliphatic carbocycles. The Hall–Kier alpha value is -3.34. The molecule has 162 valence electrons. The number of halogens is 3. The van der Waals surface area contributed by atoms with Crippen molar-refractivity contribution in [1.29, 1.82) is 0 Å². The van der Waals surface area contributed by atoms with E-state index in [-0.39, 0.29) is 10.6 Å². The zero-order chi connectivity index (χ0) is 22.6. The largest absolute Gasteiger partial charge is 0.416 e. The number of nitrogens with one attached hydrogen (secondary N) is 1. The van der Waals surface area contributed by atoms with E-state index in [4.69, 9.17) is 0 Å². The molecule has 0 bridgehead atoms. The number of benzene rings is 2. The second-order valence-corrected chi connectivity index (χ2v) is 7.61. The van der Waals surface area contributed by atoms with E-state index in [1.54, 1.807) is 17.7 Å². The van der Waals surface area contributed by atoms with E-state index in [0.717, 1.165) is 29.5 Å². The Morgan fingerprint density at radius 2 is 1.90 bits per heavy atom. The van der Waals surface area contributed by atoms with E-state index >= 15 is 0 Å². The average molecular weight is 450 g/mol. The molecule has 3 aromatic rings. The molecule has 0 spiro atoms. The highest BCUT2D eigenvalue weighted by atomic mass is 32.2. The maximum atomic E-state index is 12.8. The zero-order valence-corrected chi connectivity index (χ0v) is 17.0. The molecular formula is C20H17F3N4O3S. The van der Waals surface area contributed by atoms with Gasteiger partial charge in [-0.25, -0.2) is 4.68 Å².